The number of amides is 1. The van der Waals surface area contributed by atoms with Gasteiger partial charge in [-0.25, -0.2) is 14.8 Å². The second-order valence-corrected chi connectivity index (χ2v) is 5.76. The van der Waals surface area contributed by atoms with E-state index in [-0.39, 0.29) is 17.5 Å². The number of anilines is 1. The van der Waals surface area contributed by atoms with E-state index in [1.54, 1.807) is 0 Å². The fourth-order valence-corrected chi connectivity index (χ4v) is 2.99. The molecule has 0 atom stereocenters. The Bertz CT molecular complexity index is 563. The van der Waals surface area contributed by atoms with E-state index in [4.69, 9.17) is 9.84 Å². The van der Waals surface area contributed by atoms with Crippen molar-refractivity contribution in [1.82, 2.24) is 14.9 Å². The van der Waals surface area contributed by atoms with Crippen molar-refractivity contribution in [2.24, 2.45) is 5.92 Å². The van der Waals surface area contributed by atoms with E-state index in [2.05, 4.69) is 9.97 Å². The minimum Gasteiger partial charge on any atom is -0.476 e. The van der Waals surface area contributed by atoms with Crippen LogP contribution in [0.1, 0.15) is 23.3 Å². The number of aromatic nitrogens is 2. The van der Waals surface area contributed by atoms with Crippen LogP contribution >= 0.6 is 0 Å². The Morgan fingerprint density at radius 3 is 2.35 bits per heavy atom. The van der Waals surface area contributed by atoms with E-state index in [0.29, 0.717) is 32.1 Å². The molecule has 3 heterocycles. The second kappa shape index (κ2) is 6.91. The maximum absolute atomic E-state index is 12.5. The van der Waals surface area contributed by atoms with E-state index < -0.39 is 5.97 Å². The third-order valence-electron chi connectivity index (χ3n) is 4.35. The predicted molar refractivity (Wildman–Crippen MR) is 81.3 cm³/mol. The molecule has 2 aliphatic heterocycles. The smallest absolute Gasteiger partial charge is 0.356 e. The second-order valence-electron chi connectivity index (χ2n) is 5.76. The zero-order valence-electron chi connectivity index (χ0n) is 12.8. The lowest BCUT2D eigenvalue weighted by Gasteiger charge is -2.35. The van der Waals surface area contributed by atoms with Crippen molar-refractivity contribution >= 4 is 17.7 Å². The van der Waals surface area contributed by atoms with Gasteiger partial charge in [0.25, 0.3) is 0 Å². The summed E-state index contributed by atoms with van der Waals surface area (Å²) in [6.07, 6.45) is 4.30. The van der Waals surface area contributed by atoms with Gasteiger partial charge in [-0.3, -0.25) is 4.79 Å². The van der Waals surface area contributed by atoms with Gasteiger partial charge in [-0.15, -0.1) is 0 Å². The Kier molecular flexibility index (Phi) is 4.71. The fourth-order valence-electron chi connectivity index (χ4n) is 2.99. The number of ether oxygens (including phenoxy) is 1. The van der Waals surface area contributed by atoms with Crippen LogP contribution in [0.15, 0.2) is 12.4 Å². The summed E-state index contributed by atoms with van der Waals surface area (Å²) in [5.74, 6) is -0.151. The molecular weight excluding hydrogens is 300 g/mol. The average molecular weight is 320 g/mol. The number of carboxylic acids is 1. The van der Waals surface area contributed by atoms with Crippen LogP contribution in [0.5, 0.6) is 0 Å². The highest BCUT2D eigenvalue weighted by Crippen LogP contribution is 2.23. The summed E-state index contributed by atoms with van der Waals surface area (Å²) in [7, 11) is 0. The molecule has 0 aliphatic carbocycles. The predicted octanol–water partition coefficient (Wildman–Crippen LogP) is 0.250. The maximum Gasteiger partial charge on any atom is 0.356 e. The van der Waals surface area contributed by atoms with E-state index in [9.17, 15) is 9.59 Å². The van der Waals surface area contributed by atoms with Crippen LogP contribution in [0.2, 0.25) is 0 Å². The monoisotopic (exact) mass is 320 g/mol. The number of nitrogens with zero attached hydrogens (tertiary/aromatic N) is 4. The minimum atomic E-state index is -1.08. The molecule has 0 bridgehead atoms. The number of carboxylic acid groups (broad SMARTS) is 1. The highest BCUT2D eigenvalue weighted by atomic mass is 16.5. The number of carbonyl (C=O) groups is 2. The zero-order chi connectivity index (χ0) is 16.2. The van der Waals surface area contributed by atoms with E-state index in [1.807, 2.05) is 9.80 Å². The Morgan fingerprint density at radius 1 is 1.09 bits per heavy atom. The molecule has 2 saturated heterocycles. The third-order valence-corrected chi connectivity index (χ3v) is 4.35. The minimum absolute atomic E-state index is 0.0515. The number of aromatic carboxylic acids is 1. The van der Waals surface area contributed by atoms with Crippen molar-refractivity contribution in [2.45, 2.75) is 12.8 Å². The third kappa shape index (κ3) is 3.58. The first-order valence-electron chi connectivity index (χ1n) is 7.82. The maximum atomic E-state index is 12.5. The van der Waals surface area contributed by atoms with Gasteiger partial charge < -0.3 is 19.6 Å². The van der Waals surface area contributed by atoms with Crippen molar-refractivity contribution in [3.05, 3.63) is 18.1 Å². The van der Waals surface area contributed by atoms with Crippen LogP contribution in [-0.2, 0) is 9.53 Å². The molecule has 8 heteroatoms. The molecule has 0 spiro atoms. The van der Waals surface area contributed by atoms with Crippen molar-refractivity contribution in [2.75, 3.05) is 44.3 Å². The van der Waals surface area contributed by atoms with Gasteiger partial charge in [-0.1, -0.05) is 0 Å². The van der Waals surface area contributed by atoms with Gasteiger partial charge in [0.15, 0.2) is 5.69 Å². The van der Waals surface area contributed by atoms with Gasteiger partial charge in [-0.2, -0.15) is 0 Å². The van der Waals surface area contributed by atoms with E-state index in [0.717, 1.165) is 25.9 Å². The summed E-state index contributed by atoms with van der Waals surface area (Å²) >= 11 is 0. The first kappa shape index (κ1) is 15.7. The van der Waals surface area contributed by atoms with Gasteiger partial charge in [0.05, 0.1) is 25.6 Å². The first-order valence-corrected chi connectivity index (χ1v) is 7.82. The number of morpholine rings is 1. The largest absolute Gasteiger partial charge is 0.476 e. The number of rotatable bonds is 3. The van der Waals surface area contributed by atoms with Gasteiger partial charge in [0, 0.05) is 32.1 Å². The van der Waals surface area contributed by atoms with Crippen LogP contribution in [0.3, 0.4) is 0 Å². The Labute approximate surface area is 134 Å². The number of hydrogen-bond donors (Lipinski definition) is 1. The first-order chi connectivity index (χ1) is 11.1. The molecule has 0 unspecified atom stereocenters. The highest BCUT2D eigenvalue weighted by molar-refractivity contribution is 5.85. The molecule has 8 nitrogen and oxygen atoms in total. The Morgan fingerprint density at radius 2 is 1.78 bits per heavy atom. The van der Waals surface area contributed by atoms with Gasteiger partial charge in [-0.05, 0) is 12.8 Å². The summed E-state index contributed by atoms with van der Waals surface area (Å²) in [6, 6.07) is 0. The van der Waals surface area contributed by atoms with Crippen LogP contribution in [0.25, 0.3) is 0 Å². The van der Waals surface area contributed by atoms with Gasteiger partial charge >= 0.3 is 5.97 Å². The molecule has 1 N–H and O–H groups in total. The van der Waals surface area contributed by atoms with Crippen LogP contribution < -0.4 is 4.90 Å². The SMILES string of the molecule is O=C(O)c1cnc(N2CCC(C(=O)N3CCOCC3)CC2)cn1. The normalized spacial score (nSPS) is 19.7. The molecule has 3 rings (SSSR count). The number of hydrogen-bond acceptors (Lipinski definition) is 6. The lowest BCUT2D eigenvalue weighted by atomic mass is 9.95. The summed E-state index contributed by atoms with van der Waals surface area (Å²) in [4.78, 5) is 35.2. The summed E-state index contributed by atoms with van der Waals surface area (Å²) < 4.78 is 5.28. The highest BCUT2D eigenvalue weighted by Gasteiger charge is 2.29. The van der Waals surface area contributed by atoms with Crippen LogP contribution in [-0.4, -0.2) is 71.2 Å². The number of piperidine rings is 1. The van der Waals surface area contributed by atoms with Crippen molar-refractivity contribution in [1.29, 1.82) is 0 Å². The fraction of sp³-hybridized carbons (Fsp3) is 0.600. The van der Waals surface area contributed by atoms with E-state index in [1.165, 1.54) is 12.4 Å². The Balaban J connectivity index is 1.55. The quantitative estimate of drug-likeness (QED) is 0.853. The molecule has 124 valence electrons. The van der Waals surface area contributed by atoms with Crippen molar-refractivity contribution in [3.63, 3.8) is 0 Å². The lowest BCUT2D eigenvalue weighted by Crippen LogP contribution is -2.47. The zero-order valence-corrected chi connectivity index (χ0v) is 12.8. The Hall–Kier alpha value is -2.22. The topological polar surface area (TPSA) is 95.9 Å². The lowest BCUT2D eigenvalue weighted by molar-refractivity contribution is -0.140. The molecular formula is C15H20N4O4. The summed E-state index contributed by atoms with van der Waals surface area (Å²) in [6.45, 7) is 4.05. The van der Waals surface area contributed by atoms with Crippen LogP contribution in [0, 0.1) is 5.92 Å². The molecule has 1 aromatic rings. The molecule has 1 aromatic heterocycles. The molecule has 2 aliphatic rings. The summed E-state index contributed by atoms with van der Waals surface area (Å²) in [5.41, 5.74) is -0.0638. The summed E-state index contributed by atoms with van der Waals surface area (Å²) in [5, 5.41) is 8.84. The standard InChI is InChI=1S/C15H20N4O4/c20-14(19-5-7-23-8-6-19)11-1-3-18(4-2-11)13-10-16-12(9-17-13)15(21)22/h9-11H,1-8H2,(H,21,22). The van der Waals surface area contributed by atoms with Crippen molar-refractivity contribution < 1.29 is 19.4 Å². The molecule has 0 radical (unpaired) electrons. The molecule has 1 amide bonds. The average Bonchev–Trinajstić information content (AvgIpc) is 2.62. The molecule has 2 fully saturated rings. The van der Waals surface area contributed by atoms with E-state index >= 15 is 0 Å². The molecule has 23 heavy (non-hydrogen) atoms. The molecule has 0 aromatic carbocycles. The van der Waals surface area contributed by atoms with Crippen LogP contribution in [0.4, 0.5) is 5.82 Å². The number of carbonyl (C=O) groups excluding carboxylic acids is 1. The van der Waals surface area contributed by atoms with Gasteiger partial charge in [0.1, 0.15) is 5.82 Å². The van der Waals surface area contributed by atoms with Gasteiger partial charge in [0.2, 0.25) is 5.91 Å². The van der Waals surface area contributed by atoms with Crippen molar-refractivity contribution in [3.8, 4) is 0 Å². The molecule has 0 saturated carbocycles.